The lowest BCUT2D eigenvalue weighted by Crippen LogP contribution is -2.37. The highest BCUT2D eigenvalue weighted by Crippen LogP contribution is 2.32. The van der Waals surface area contributed by atoms with E-state index in [9.17, 15) is 0 Å². The molecule has 3 heterocycles. The molecule has 5 rings (SSSR count). The maximum atomic E-state index is 6.46. The van der Waals surface area contributed by atoms with Gasteiger partial charge < -0.3 is 9.32 Å². The summed E-state index contributed by atoms with van der Waals surface area (Å²) < 4.78 is 5.88. The molecule has 0 bridgehead atoms. The van der Waals surface area contributed by atoms with Gasteiger partial charge in [0, 0.05) is 16.9 Å². The van der Waals surface area contributed by atoms with Crippen LogP contribution >= 0.6 is 11.6 Å². The molecule has 1 aliphatic rings. The van der Waals surface area contributed by atoms with E-state index in [1.165, 1.54) is 0 Å². The van der Waals surface area contributed by atoms with Crippen molar-refractivity contribution in [3.05, 3.63) is 101 Å². The highest BCUT2D eigenvalue weighted by Gasteiger charge is 2.25. The molecule has 0 fully saturated rings. The van der Waals surface area contributed by atoms with Gasteiger partial charge in [-0.3, -0.25) is 10.3 Å². The van der Waals surface area contributed by atoms with Crippen molar-refractivity contribution in [1.29, 1.82) is 0 Å². The van der Waals surface area contributed by atoms with E-state index < -0.39 is 0 Å². The molecule has 2 aromatic heterocycles. The van der Waals surface area contributed by atoms with Crippen molar-refractivity contribution in [2.24, 2.45) is 4.99 Å². The Hall–Kier alpha value is -3.64. The van der Waals surface area contributed by atoms with Gasteiger partial charge in [0.15, 0.2) is 5.58 Å². The number of aromatic nitrogens is 2. The molecular weight excluding hydrogens is 410 g/mol. The van der Waals surface area contributed by atoms with Gasteiger partial charge in [0.25, 0.3) is 0 Å². The monoisotopic (exact) mass is 429 g/mol. The Morgan fingerprint density at radius 2 is 1.84 bits per heavy atom. The largest absolute Gasteiger partial charge is 0.423 e. The average Bonchev–Trinajstić information content (AvgIpc) is 3.19. The van der Waals surface area contributed by atoms with Gasteiger partial charge in [0.2, 0.25) is 5.96 Å². The molecule has 0 radical (unpaired) electrons. The van der Waals surface area contributed by atoms with Gasteiger partial charge in [0.05, 0.1) is 12.2 Å². The van der Waals surface area contributed by atoms with Crippen LogP contribution in [0.1, 0.15) is 24.2 Å². The van der Waals surface area contributed by atoms with Crippen LogP contribution in [0.5, 0.6) is 0 Å². The molecule has 6 nitrogen and oxygen atoms in total. The smallest absolute Gasteiger partial charge is 0.302 e. The number of guanidine groups is 1. The van der Waals surface area contributed by atoms with Gasteiger partial charge in [-0.05, 0) is 48.9 Å². The molecule has 7 heteroatoms. The molecule has 1 N–H and O–H groups in total. The standard InChI is InChI=1S/C24H20ClN5O/c1-16-14-21(18-9-2-3-10-19(18)25)27-23(30(16)15-17-8-6-7-13-26-17)29-24-28-20-11-4-5-12-22(20)31-24/h2-14,21H,15H2,1H3,(H,27,28,29). The van der Waals surface area contributed by atoms with E-state index in [2.05, 4.69) is 33.2 Å². The summed E-state index contributed by atoms with van der Waals surface area (Å²) in [7, 11) is 0. The minimum Gasteiger partial charge on any atom is -0.423 e. The second-order valence-electron chi connectivity index (χ2n) is 7.25. The first kappa shape index (κ1) is 19.3. The lowest BCUT2D eigenvalue weighted by molar-refractivity contribution is 0.475. The lowest BCUT2D eigenvalue weighted by Gasteiger charge is -2.31. The van der Waals surface area contributed by atoms with Crippen LogP contribution in [0.3, 0.4) is 0 Å². The Bertz CT molecular complexity index is 1250. The Morgan fingerprint density at radius 3 is 2.65 bits per heavy atom. The second kappa shape index (κ2) is 8.24. The first-order chi connectivity index (χ1) is 15.2. The lowest BCUT2D eigenvalue weighted by atomic mass is 10.0. The summed E-state index contributed by atoms with van der Waals surface area (Å²) in [5.41, 5.74) is 4.40. The van der Waals surface area contributed by atoms with Crippen molar-refractivity contribution in [2.45, 2.75) is 19.5 Å². The third kappa shape index (κ3) is 4.02. The number of hydrogen-bond donors (Lipinski definition) is 1. The van der Waals surface area contributed by atoms with Crippen LogP contribution in [0.4, 0.5) is 6.01 Å². The van der Waals surface area contributed by atoms with Crippen LogP contribution in [-0.4, -0.2) is 20.8 Å². The van der Waals surface area contributed by atoms with Crippen LogP contribution in [0.25, 0.3) is 11.1 Å². The number of fused-ring (bicyclic) bond motifs is 1. The fourth-order valence-electron chi connectivity index (χ4n) is 3.57. The molecule has 154 valence electrons. The van der Waals surface area contributed by atoms with Gasteiger partial charge in [-0.1, -0.05) is 48.0 Å². The number of nitrogens with zero attached hydrogens (tertiary/aromatic N) is 4. The molecule has 0 amide bonds. The first-order valence-corrected chi connectivity index (χ1v) is 10.4. The summed E-state index contributed by atoms with van der Waals surface area (Å²) in [6, 6.07) is 21.4. The third-order valence-corrected chi connectivity index (χ3v) is 5.47. The zero-order chi connectivity index (χ0) is 21.2. The summed E-state index contributed by atoms with van der Waals surface area (Å²) in [6.07, 6.45) is 3.89. The van der Waals surface area contributed by atoms with E-state index >= 15 is 0 Å². The van der Waals surface area contributed by atoms with Crippen molar-refractivity contribution in [2.75, 3.05) is 5.32 Å². The molecule has 31 heavy (non-hydrogen) atoms. The minimum absolute atomic E-state index is 0.222. The maximum absolute atomic E-state index is 6.46. The van der Waals surface area contributed by atoms with Crippen LogP contribution in [0.15, 0.2) is 94.1 Å². The SMILES string of the molecule is CC1=CC(c2ccccc2Cl)N=C(Nc2nc3ccccc3o2)N1Cc1ccccn1. The molecule has 0 aliphatic carbocycles. The predicted octanol–water partition coefficient (Wildman–Crippen LogP) is 5.81. The van der Waals surface area contributed by atoms with E-state index in [1.807, 2.05) is 66.7 Å². The number of allylic oxidation sites excluding steroid dienone is 1. The Morgan fingerprint density at radius 1 is 1.03 bits per heavy atom. The van der Waals surface area contributed by atoms with E-state index in [0.29, 0.717) is 29.1 Å². The predicted molar refractivity (Wildman–Crippen MR) is 123 cm³/mol. The minimum atomic E-state index is -0.222. The zero-order valence-corrected chi connectivity index (χ0v) is 17.6. The van der Waals surface area contributed by atoms with Gasteiger partial charge in [-0.25, -0.2) is 4.99 Å². The number of pyridine rings is 1. The van der Waals surface area contributed by atoms with Gasteiger partial charge in [-0.15, -0.1) is 0 Å². The Labute approximate surface area is 184 Å². The summed E-state index contributed by atoms with van der Waals surface area (Å²) in [4.78, 5) is 16.0. The average molecular weight is 430 g/mol. The number of rotatable bonds is 4. The first-order valence-electron chi connectivity index (χ1n) is 9.98. The highest BCUT2D eigenvalue weighted by atomic mass is 35.5. The topological polar surface area (TPSA) is 66.6 Å². The summed E-state index contributed by atoms with van der Waals surface area (Å²) in [6.45, 7) is 2.61. The molecule has 2 aromatic carbocycles. The Balaban J connectivity index is 1.53. The van der Waals surface area contributed by atoms with Crippen LogP contribution in [0.2, 0.25) is 5.02 Å². The number of hydrogen-bond acceptors (Lipinski definition) is 6. The fraction of sp³-hybridized carbons (Fsp3) is 0.125. The zero-order valence-electron chi connectivity index (χ0n) is 16.9. The van der Waals surface area contributed by atoms with Crippen molar-refractivity contribution in [1.82, 2.24) is 14.9 Å². The van der Waals surface area contributed by atoms with Crippen molar-refractivity contribution >= 4 is 34.7 Å². The van der Waals surface area contributed by atoms with Gasteiger partial charge in [-0.2, -0.15) is 4.98 Å². The number of benzene rings is 2. The molecular formula is C24H20ClN5O. The number of nitrogens with one attached hydrogen (secondary N) is 1. The summed E-state index contributed by atoms with van der Waals surface area (Å²) >= 11 is 6.46. The highest BCUT2D eigenvalue weighted by molar-refractivity contribution is 6.31. The van der Waals surface area contributed by atoms with Crippen LogP contribution in [-0.2, 0) is 6.54 Å². The molecule has 1 unspecified atom stereocenters. The number of anilines is 1. The van der Waals surface area contributed by atoms with Crippen molar-refractivity contribution in [3.8, 4) is 0 Å². The quantitative estimate of drug-likeness (QED) is 0.443. The fourth-order valence-corrected chi connectivity index (χ4v) is 3.82. The maximum Gasteiger partial charge on any atom is 0.302 e. The van der Waals surface area contributed by atoms with Crippen LogP contribution < -0.4 is 5.32 Å². The summed E-state index contributed by atoms with van der Waals surface area (Å²) in [5, 5.41) is 3.96. The Kier molecular flexibility index (Phi) is 5.14. The molecule has 0 saturated heterocycles. The molecule has 4 aromatic rings. The molecule has 0 spiro atoms. The number of aliphatic imine (C=N–C) groups is 1. The molecule has 1 aliphatic heterocycles. The number of oxazole rings is 1. The number of halogens is 1. The molecule has 0 saturated carbocycles. The summed E-state index contributed by atoms with van der Waals surface area (Å²) in [5.74, 6) is 0.627. The third-order valence-electron chi connectivity index (χ3n) is 5.12. The van der Waals surface area contributed by atoms with E-state index in [-0.39, 0.29) is 6.04 Å². The van der Waals surface area contributed by atoms with Crippen LogP contribution in [0, 0.1) is 0 Å². The molecule has 1 atom stereocenters. The van der Waals surface area contributed by atoms with Gasteiger partial charge in [0.1, 0.15) is 11.6 Å². The number of para-hydroxylation sites is 2. The van der Waals surface area contributed by atoms with Gasteiger partial charge >= 0.3 is 6.01 Å². The second-order valence-corrected chi connectivity index (χ2v) is 7.65. The normalized spacial score (nSPS) is 16.2. The van der Waals surface area contributed by atoms with E-state index in [4.69, 9.17) is 21.0 Å². The van der Waals surface area contributed by atoms with E-state index in [1.54, 1.807) is 6.20 Å². The van der Waals surface area contributed by atoms with E-state index in [0.717, 1.165) is 22.5 Å². The van der Waals surface area contributed by atoms with Crippen molar-refractivity contribution < 1.29 is 4.42 Å². The van der Waals surface area contributed by atoms with Crippen molar-refractivity contribution in [3.63, 3.8) is 0 Å².